The summed E-state index contributed by atoms with van der Waals surface area (Å²) in [4.78, 5) is 3.43. The van der Waals surface area contributed by atoms with Gasteiger partial charge in [-0.2, -0.15) is 23.7 Å². The number of nitriles is 2. The highest BCUT2D eigenvalue weighted by molar-refractivity contribution is 7.80. The first-order valence-corrected chi connectivity index (χ1v) is 10.0. The topological polar surface area (TPSA) is 54.1 Å². The summed E-state index contributed by atoms with van der Waals surface area (Å²) in [6.45, 7) is 0.358. The number of hydrogen-bond donors (Lipinski definition) is 0. The number of hydrogen-bond acceptors (Lipinski definition) is 3. The van der Waals surface area contributed by atoms with Crippen LogP contribution in [0.25, 0.3) is 0 Å². The van der Waals surface area contributed by atoms with Crippen molar-refractivity contribution in [3.8, 4) is 12.1 Å². The van der Waals surface area contributed by atoms with E-state index in [0.29, 0.717) is 12.2 Å². The number of anilines is 2. The molecule has 31 heavy (non-hydrogen) atoms. The summed E-state index contributed by atoms with van der Waals surface area (Å²) >= 11 is 5.66. The van der Waals surface area contributed by atoms with Gasteiger partial charge in [-0.1, -0.05) is 12.8 Å². The Kier molecular flexibility index (Phi) is 5.10. The van der Waals surface area contributed by atoms with E-state index in [0.717, 1.165) is 37.8 Å². The van der Waals surface area contributed by atoms with Gasteiger partial charge in [0, 0.05) is 17.9 Å². The van der Waals surface area contributed by atoms with Gasteiger partial charge in [0.15, 0.2) is 5.11 Å². The van der Waals surface area contributed by atoms with Gasteiger partial charge in [0.25, 0.3) is 0 Å². The zero-order valence-corrected chi connectivity index (χ0v) is 17.0. The molecule has 9 heteroatoms. The summed E-state index contributed by atoms with van der Waals surface area (Å²) in [7, 11) is 0. The summed E-state index contributed by atoms with van der Waals surface area (Å²) in [6.07, 6.45) is -1.31. The van der Waals surface area contributed by atoms with Crippen LogP contribution in [0, 0.1) is 28.5 Å². The third-order valence-corrected chi connectivity index (χ3v) is 6.36. The van der Waals surface area contributed by atoms with Crippen molar-refractivity contribution in [1.82, 2.24) is 0 Å². The molecular weight excluding hydrogens is 428 g/mol. The summed E-state index contributed by atoms with van der Waals surface area (Å²) in [5.74, 6) is -0.674. The third kappa shape index (κ3) is 3.49. The van der Waals surface area contributed by atoms with Crippen molar-refractivity contribution in [3.63, 3.8) is 0 Å². The van der Waals surface area contributed by atoms with Crippen molar-refractivity contribution < 1.29 is 17.6 Å². The Morgan fingerprint density at radius 1 is 0.935 bits per heavy atom. The lowest BCUT2D eigenvalue weighted by Gasteiger charge is -2.34. The molecule has 0 aromatic heterocycles. The number of rotatable bonds is 2. The van der Waals surface area contributed by atoms with E-state index in [9.17, 15) is 17.6 Å². The molecule has 2 fully saturated rings. The number of nitrogens with zero attached hydrogens (tertiary/aromatic N) is 4. The average Bonchev–Trinajstić information content (AvgIpc) is 3.31. The Morgan fingerprint density at radius 2 is 1.55 bits per heavy atom. The van der Waals surface area contributed by atoms with Gasteiger partial charge in [-0.15, -0.1) is 0 Å². The summed E-state index contributed by atoms with van der Waals surface area (Å²) in [5.41, 5.74) is -1.33. The molecular formula is C22H16F4N4S. The zero-order chi connectivity index (χ0) is 22.4. The van der Waals surface area contributed by atoms with Crippen molar-refractivity contribution in [2.45, 2.75) is 37.4 Å². The maximum absolute atomic E-state index is 14.3. The molecule has 4 nitrogen and oxygen atoms in total. The first kappa shape index (κ1) is 21.1. The molecule has 1 aliphatic heterocycles. The number of halogens is 4. The van der Waals surface area contributed by atoms with Crippen LogP contribution in [0.4, 0.5) is 28.9 Å². The average molecular weight is 444 g/mol. The van der Waals surface area contributed by atoms with Crippen molar-refractivity contribution in [3.05, 3.63) is 58.9 Å². The fourth-order valence-electron chi connectivity index (χ4n) is 4.52. The lowest BCUT2D eigenvalue weighted by atomic mass is 9.95. The second-order valence-corrected chi connectivity index (χ2v) is 8.12. The summed E-state index contributed by atoms with van der Waals surface area (Å²) < 4.78 is 54.7. The van der Waals surface area contributed by atoms with Crippen LogP contribution in [0.3, 0.4) is 0 Å². The molecule has 158 valence electrons. The molecule has 2 aromatic rings. The second kappa shape index (κ2) is 7.51. The Balaban J connectivity index is 1.79. The molecule has 1 heterocycles. The maximum Gasteiger partial charge on any atom is 0.417 e. The molecule has 1 saturated carbocycles. The molecule has 4 rings (SSSR count). The standard InChI is InChI=1S/C22H16F4N4S/c23-19-10-17(6-4-15(19)12-28)30-20(31)29(13-21(30)7-1-2-8-21)16-5-3-14(11-27)18(9-16)22(24,25)26/h3-6,9-10H,1-2,7-8,13H2. The largest absolute Gasteiger partial charge is 0.417 e. The van der Waals surface area contributed by atoms with E-state index in [1.54, 1.807) is 23.1 Å². The van der Waals surface area contributed by atoms with E-state index < -0.39 is 28.7 Å². The summed E-state index contributed by atoms with van der Waals surface area (Å²) in [5, 5.41) is 18.3. The lowest BCUT2D eigenvalue weighted by Crippen LogP contribution is -2.45. The van der Waals surface area contributed by atoms with Crippen molar-refractivity contribution in [1.29, 1.82) is 10.5 Å². The first-order chi connectivity index (χ1) is 14.7. The molecule has 0 atom stereocenters. The lowest BCUT2D eigenvalue weighted by molar-refractivity contribution is -0.137. The van der Waals surface area contributed by atoms with Gasteiger partial charge in [-0.3, -0.25) is 0 Å². The Bertz CT molecular complexity index is 1140. The number of alkyl halides is 3. The van der Waals surface area contributed by atoms with Crippen LogP contribution in [-0.2, 0) is 6.18 Å². The van der Waals surface area contributed by atoms with Crippen LogP contribution in [0.2, 0.25) is 0 Å². The molecule has 1 saturated heterocycles. The van der Waals surface area contributed by atoms with Gasteiger partial charge < -0.3 is 9.80 Å². The number of thiocarbonyl (C=S) groups is 1. The smallest absolute Gasteiger partial charge is 0.316 e. The zero-order valence-electron chi connectivity index (χ0n) is 16.2. The Labute approximate surface area is 181 Å². The third-order valence-electron chi connectivity index (χ3n) is 5.96. The predicted octanol–water partition coefficient (Wildman–Crippen LogP) is 5.51. The molecule has 0 bridgehead atoms. The van der Waals surface area contributed by atoms with Crippen molar-refractivity contribution in [2.75, 3.05) is 16.3 Å². The highest BCUT2D eigenvalue weighted by Crippen LogP contribution is 2.46. The minimum atomic E-state index is -4.68. The molecule has 0 amide bonds. The highest BCUT2D eigenvalue weighted by Gasteiger charge is 2.50. The van der Waals surface area contributed by atoms with E-state index in [-0.39, 0.29) is 16.4 Å². The first-order valence-electron chi connectivity index (χ1n) is 9.63. The van der Waals surface area contributed by atoms with E-state index in [4.69, 9.17) is 22.7 Å². The molecule has 1 aliphatic carbocycles. The van der Waals surface area contributed by atoms with E-state index >= 15 is 0 Å². The van der Waals surface area contributed by atoms with Gasteiger partial charge >= 0.3 is 6.18 Å². The second-order valence-electron chi connectivity index (χ2n) is 7.75. The Morgan fingerprint density at radius 3 is 2.13 bits per heavy atom. The quantitative estimate of drug-likeness (QED) is 0.452. The monoisotopic (exact) mass is 444 g/mol. The molecule has 2 aliphatic rings. The van der Waals surface area contributed by atoms with Crippen LogP contribution >= 0.6 is 12.2 Å². The maximum atomic E-state index is 14.3. The molecule has 0 N–H and O–H groups in total. The van der Waals surface area contributed by atoms with Crippen molar-refractivity contribution in [2.24, 2.45) is 0 Å². The molecule has 0 radical (unpaired) electrons. The van der Waals surface area contributed by atoms with Crippen LogP contribution in [-0.4, -0.2) is 17.2 Å². The van der Waals surface area contributed by atoms with Crippen molar-refractivity contribution >= 4 is 28.7 Å². The van der Waals surface area contributed by atoms with Gasteiger partial charge in [0.1, 0.15) is 11.9 Å². The highest BCUT2D eigenvalue weighted by atomic mass is 32.1. The minimum Gasteiger partial charge on any atom is -0.316 e. The molecule has 0 unspecified atom stereocenters. The van der Waals surface area contributed by atoms with Crippen LogP contribution < -0.4 is 9.80 Å². The predicted molar refractivity (Wildman–Crippen MR) is 111 cm³/mol. The van der Waals surface area contributed by atoms with Gasteiger partial charge in [0.2, 0.25) is 0 Å². The number of benzene rings is 2. The normalized spacial score (nSPS) is 17.8. The van der Waals surface area contributed by atoms with E-state index in [1.165, 1.54) is 18.2 Å². The van der Waals surface area contributed by atoms with Gasteiger partial charge in [-0.05, 0) is 61.5 Å². The van der Waals surface area contributed by atoms with Crippen LogP contribution in [0.5, 0.6) is 0 Å². The van der Waals surface area contributed by atoms with E-state index in [2.05, 4.69) is 0 Å². The van der Waals surface area contributed by atoms with E-state index in [1.807, 2.05) is 4.90 Å². The summed E-state index contributed by atoms with van der Waals surface area (Å²) in [6, 6.07) is 11.1. The fourth-order valence-corrected chi connectivity index (χ4v) is 4.99. The van der Waals surface area contributed by atoms with Gasteiger partial charge in [0.05, 0.1) is 28.3 Å². The van der Waals surface area contributed by atoms with Crippen LogP contribution in [0.15, 0.2) is 36.4 Å². The Hall–Kier alpha value is -3.17. The molecule has 2 aromatic carbocycles. The van der Waals surface area contributed by atoms with Gasteiger partial charge in [-0.25, -0.2) is 4.39 Å². The molecule has 1 spiro atoms. The SMILES string of the molecule is N#Cc1ccc(N2C(=S)N(c3ccc(C#N)c(C(F)(F)F)c3)CC23CCCC3)cc1F. The van der Waals surface area contributed by atoms with Crippen LogP contribution in [0.1, 0.15) is 42.4 Å². The minimum absolute atomic E-state index is 0.0897. The fraction of sp³-hybridized carbons (Fsp3) is 0.318.